The lowest BCUT2D eigenvalue weighted by Crippen LogP contribution is -2.35. The zero-order valence-corrected chi connectivity index (χ0v) is 13.3. The molecule has 1 atom stereocenters. The predicted octanol–water partition coefficient (Wildman–Crippen LogP) is 1.47. The number of primary amides is 1. The quantitative estimate of drug-likeness (QED) is 0.785. The van der Waals surface area contributed by atoms with Gasteiger partial charge in [-0.25, -0.2) is 0 Å². The lowest BCUT2D eigenvalue weighted by molar-refractivity contribution is -0.117. The first kappa shape index (κ1) is 15.8. The first-order valence-electron chi connectivity index (χ1n) is 8.38. The molecule has 1 aromatic carbocycles. The Bertz CT molecular complexity index is 590. The largest absolute Gasteiger partial charge is 0.371 e. The van der Waals surface area contributed by atoms with Gasteiger partial charge in [0, 0.05) is 18.8 Å². The maximum Gasteiger partial charge on any atom is 0.250 e. The van der Waals surface area contributed by atoms with Gasteiger partial charge in [0.2, 0.25) is 5.91 Å². The molecule has 23 heavy (non-hydrogen) atoms. The van der Waals surface area contributed by atoms with Crippen LogP contribution in [0.25, 0.3) is 0 Å². The summed E-state index contributed by atoms with van der Waals surface area (Å²) in [5.74, 6) is -0.445. The molecule has 124 valence electrons. The van der Waals surface area contributed by atoms with Gasteiger partial charge in [-0.3, -0.25) is 9.59 Å². The first-order valence-corrected chi connectivity index (χ1v) is 8.38. The fourth-order valence-corrected chi connectivity index (χ4v) is 3.35. The summed E-state index contributed by atoms with van der Waals surface area (Å²) in [5.41, 5.74) is 7.57. The number of hydrogen-bond donors (Lipinski definition) is 3. The van der Waals surface area contributed by atoms with Crippen molar-refractivity contribution in [3.8, 4) is 0 Å². The fourth-order valence-electron chi connectivity index (χ4n) is 3.35. The topological polar surface area (TPSA) is 87.5 Å². The minimum Gasteiger partial charge on any atom is -0.371 e. The van der Waals surface area contributed by atoms with Crippen LogP contribution in [-0.2, 0) is 4.79 Å². The molecule has 6 heteroatoms. The van der Waals surface area contributed by atoms with E-state index < -0.39 is 5.91 Å². The number of hydrogen-bond acceptors (Lipinski definition) is 4. The van der Waals surface area contributed by atoms with E-state index >= 15 is 0 Å². The van der Waals surface area contributed by atoms with E-state index in [-0.39, 0.29) is 11.9 Å². The average Bonchev–Trinajstić information content (AvgIpc) is 3.10. The van der Waals surface area contributed by atoms with Crippen molar-refractivity contribution in [3.05, 3.63) is 23.8 Å². The number of rotatable bonds is 4. The number of carbonyl (C=O) groups excluding carboxylic acids is 2. The molecule has 0 bridgehead atoms. The summed E-state index contributed by atoms with van der Waals surface area (Å²) >= 11 is 0. The molecule has 1 unspecified atom stereocenters. The normalized spacial score (nSPS) is 21.2. The molecule has 6 nitrogen and oxygen atoms in total. The second kappa shape index (κ2) is 7.00. The van der Waals surface area contributed by atoms with Crippen molar-refractivity contribution in [1.29, 1.82) is 0 Å². The molecule has 0 spiro atoms. The van der Waals surface area contributed by atoms with Gasteiger partial charge in [-0.05, 0) is 56.8 Å². The van der Waals surface area contributed by atoms with Gasteiger partial charge in [-0.15, -0.1) is 0 Å². The molecule has 2 amide bonds. The van der Waals surface area contributed by atoms with Crippen LogP contribution in [0.5, 0.6) is 0 Å². The van der Waals surface area contributed by atoms with Crippen LogP contribution in [-0.4, -0.2) is 37.5 Å². The minimum absolute atomic E-state index is 0.0149. The summed E-state index contributed by atoms with van der Waals surface area (Å²) in [6, 6.07) is 5.21. The molecule has 2 aliphatic heterocycles. The zero-order valence-electron chi connectivity index (χ0n) is 13.3. The number of amides is 2. The number of anilines is 2. The molecule has 2 saturated heterocycles. The van der Waals surface area contributed by atoms with Crippen molar-refractivity contribution in [2.75, 3.05) is 29.9 Å². The van der Waals surface area contributed by atoms with E-state index in [0.717, 1.165) is 51.0 Å². The molecule has 2 heterocycles. The molecule has 0 saturated carbocycles. The second-order valence-electron chi connectivity index (χ2n) is 6.28. The third-order valence-corrected chi connectivity index (χ3v) is 4.60. The summed E-state index contributed by atoms with van der Waals surface area (Å²) in [6.07, 6.45) is 5.33. The first-order chi connectivity index (χ1) is 11.1. The SMILES string of the molecule is NC(=O)c1ccc(NC(=O)C2CCCN2)cc1N1CCCCC1. The molecule has 2 fully saturated rings. The maximum atomic E-state index is 12.2. The van der Waals surface area contributed by atoms with Gasteiger partial charge in [-0.2, -0.15) is 0 Å². The molecular weight excluding hydrogens is 292 g/mol. The Morgan fingerprint density at radius 3 is 2.61 bits per heavy atom. The van der Waals surface area contributed by atoms with Crippen LogP contribution in [0.1, 0.15) is 42.5 Å². The van der Waals surface area contributed by atoms with Crippen LogP contribution in [0.3, 0.4) is 0 Å². The highest BCUT2D eigenvalue weighted by atomic mass is 16.2. The van der Waals surface area contributed by atoms with Gasteiger partial charge < -0.3 is 21.3 Å². The highest BCUT2D eigenvalue weighted by molar-refractivity contribution is 6.01. The van der Waals surface area contributed by atoms with Gasteiger partial charge in [0.15, 0.2) is 0 Å². The van der Waals surface area contributed by atoms with Crippen molar-refractivity contribution in [1.82, 2.24) is 5.32 Å². The Labute approximate surface area is 136 Å². The van der Waals surface area contributed by atoms with E-state index in [4.69, 9.17) is 5.73 Å². The van der Waals surface area contributed by atoms with Crippen molar-refractivity contribution in [3.63, 3.8) is 0 Å². The molecular formula is C17H24N4O2. The Morgan fingerprint density at radius 1 is 1.17 bits per heavy atom. The third kappa shape index (κ3) is 3.64. The average molecular weight is 316 g/mol. The van der Waals surface area contributed by atoms with Gasteiger partial charge in [-0.1, -0.05) is 0 Å². The van der Waals surface area contributed by atoms with E-state index in [1.54, 1.807) is 12.1 Å². The molecule has 1 aromatic rings. The van der Waals surface area contributed by atoms with Gasteiger partial charge in [0.25, 0.3) is 5.91 Å². The van der Waals surface area contributed by atoms with Crippen LogP contribution < -0.4 is 21.3 Å². The number of carbonyl (C=O) groups is 2. The van der Waals surface area contributed by atoms with Gasteiger partial charge >= 0.3 is 0 Å². The van der Waals surface area contributed by atoms with Crippen molar-refractivity contribution in [2.24, 2.45) is 5.73 Å². The maximum absolute atomic E-state index is 12.2. The lowest BCUT2D eigenvalue weighted by Gasteiger charge is -2.30. The summed E-state index contributed by atoms with van der Waals surface area (Å²) in [5, 5.41) is 6.14. The number of piperidine rings is 1. The van der Waals surface area contributed by atoms with E-state index in [9.17, 15) is 9.59 Å². The Kier molecular flexibility index (Phi) is 4.81. The van der Waals surface area contributed by atoms with Crippen molar-refractivity contribution in [2.45, 2.75) is 38.1 Å². The van der Waals surface area contributed by atoms with E-state index in [1.165, 1.54) is 6.42 Å². The van der Waals surface area contributed by atoms with Crippen LogP contribution in [0.2, 0.25) is 0 Å². The standard InChI is InChI=1S/C17H24N4O2/c18-16(22)13-7-6-12(20-17(23)14-5-4-8-19-14)11-15(13)21-9-2-1-3-10-21/h6-7,11,14,19H,1-5,8-10H2,(H2,18,22)(H,20,23). The molecule has 4 N–H and O–H groups in total. The second-order valence-corrected chi connectivity index (χ2v) is 6.28. The zero-order chi connectivity index (χ0) is 16.2. The van der Waals surface area contributed by atoms with E-state index in [0.29, 0.717) is 11.3 Å². The Balaban J connectivity index is 1.81. The predicted molar refractivity (Wildman–Crippen MR) is 90.7 cm³/mol. The third-order valence-electron chi connectivity index (χ3n) is 4.60. The smallest absolute Gasteiger partial charge is 0.250 e. The highest BCUT2D eigenvalue weighted by Gasteiger charge is 2.23. The monoisotopic (exact) mass is 316 g/mol. The van der Waals surface area contributed by atoms with E-state index in [1.807, 2.05) is 6.07 Å². The number of nitrogens with two attached hydrogens (primary N) is 1. The van der Waals surface area contributed by atoms with Crippen molar-refractivity contribution >= 4 is 23.2 Å². The highest BCUT2D eigenvalue weighted by Crippen LogP contribution is 2.27. The summed E-state index contributed by atoms with van der Waals surface area (Å²) in [4.78, 5) is 26.1. The number of benzene rings is 1. The minimum atomic E-state index is -0.430. The molecule has 0 aliphatic carbocycles. The molecule has 2 aliphatic rings. The Morgan fingerprint density at radius 2 is 1.96 bits per heavy atom. The molecule has 3 rings (SSSR count). The Hall–Kier alpha value is -2.08. The fraction of sp³-hybridized carbons (Fsp3) is 0.529. The van der Waals surface area contributed by atoms with Crippen LogP contribution >= 0.6 is 0 Å². The van der Waals surface area contributed by atoms with Gasteiger partial charge in [0.1, 0.15) is 0 Å². The van der Waals surface area contributed by atoms with E-state index in [2.05, 4.69) is 15.5 Å². The van der Waals surface area contributed by atoms with Crippen molar-refractivity contribution < 1.29 is 9.59 Å². The lowest BCUT2D eigenvalue weighted by atomic mass is 10.1. The van der Waals surface area contributed by atoms with Gasteiger partial charge in [0.05, 0.1) is 17.3 Å². The molecule has 0 radical (unpaired) electrons. The summed E-state index contributed by atoms with van der Waals surface area (Å²) in [6.45, 7) is 2.72. The molecule has 0 aromatic heterocycles. The number of nitrogens with zero attached hydrogens (tertiary/aromatic N) is 1. The van der Waals surface area contributed by atoms with Crippen LogP contribution in [0, 0.1) is 0 Å². The number of nitrogens with one attached hydrogen (secondary N) is 2. The van der Waals surface area contributed by atoms with Crippen LogP contribution in [0.15, 0.2) is 18.2 Å². The summed E-state index contributed by atoms with van der Waals surface area (Å²) < 4.78 is 0. The summed E-state index contributed by atoms with van der Waals surface area (Å²) in [7, 11) is 0. The van der Waals surface area contributed by atoms with Crippen LogP contribution in [0.4, 0.5) is 11.4 Å².